The molecule has 86 valence electrons. The largest absolute Gasteiger partial charge is 0.487 e. The van der Waals surface area contributed by atoms with Crippen molar-refractivity contribution < 1.29 is 9.53 Å². The SMILES string of the molecule is O=Cc1ccc(OCc2ccc(Br)cc2)cn1. The topological polar surface area (TPSA) is 39.2 Å². The van der Waals surface area contributed by atoms with Crippen molar-refractivity contribution in [1.29, 1.82) is 0 Å². The van der Waals surface area contributed by atoms with Gasteiger partial charge >= 0.3 is 0 Å². The van der Waals surface area contributed by atoms with Crippen LogP contribution in [0.15, 0.2) is 47.1 Å². The molecule has 0 atom stereocenters. The molecule has 0 aliphatic carbocycles. The van der Waals surface area contributed by atoms with Gasteiger partial charge in [-0.3, -0.25) is 4.79 Å². The van der Waals surface area contributed by atoms with Crippen molar-refractivity contribution in [1.82, 2.24) is 4.98 Å². The lowest BCUT2D eigenvalue weighted by Gasteiger charge is -2.05. The van der Waals surface area contributed by atoms with E-state index < -0.39 is 0 Å². The van der Waals surface area contributed by atoms with Gasteiger partial charge in [0.1, 0.15) is 18.1 Å². The monoisotopic (exact) mass is 291 g/mol. The van der Waals surface area contributed by atoms with Gasteiger partial charge in [-0.15, -0.1) is 0 Å². The van der Waals surface area contributed by atoms with E-state index in [-0.39, 0.29) is 0 Å². The summed E-state index contributed by atoms with van der Waals surface area (Å²) in [7, 11) is 0. The molecule has 1 aromatic carbocycles. The lowest BCUT2D eigenvalue weighted by atomic mass is 10.2. The second-order valence-corrected chi connectivity index (χ2v) is 4.37. The molecular weight excluding hydrogens is 282 g/mol. The van der Waals surface area contributed by atoms with Crippen molar-refractivity contribution in [2.45, 2.75) is 6.61 Å². The zero-order valence-electron chi connectivity index (χ0n) is 8.97. The van der Waals surface area contributed by atoms with E-state index in [2.05, 4.69) is 20.9 Å². The van der Waals surface area contributed by atoms with Gasteiger partial charge in [0.05, 0.1) is 6.20 Å². The van der Waals surface area contributed by atoms with Crippen LogP contribution in [0.5, 0.6) is 5.75 Å². The van der Waals surface area contributed by atoms with Crippen LogP contribution in [0.1, 0.15) is 16.1 Å². The van der Waals surface area contributed by atoms with E-state index in [1.54, 1.807) is 18.3 Å². The van der Waals surface area contributed by atoms with E-state index in [4.69, 9.17) is 4.74 Å². The molecule has 2 aromatic rings. The molecule has 3 nitrogen and oxygen atoms in total. The quantitative estimate of drug-likeness (QED) is 0.812. The minimum Gasteiger partial charge on any atom is -0.487 e. The van der Waals surface area contributed by atoms with Gasteiger partial charge in [0.15, 0.2) is 6.29 Å². The van der Waals surface area contributed by atoms with Crippen molar-refractivity contribution in [3.8, 4) is 5.75 Å². The maximum Gasteiger partial charge on any atom is 0.168 e. The van der Waals surface area contributed by atoms with Crippen LogP contribution in [-0.2, 0) is 6.61 Å². The number of ether oxygens (including phenoxy) is 1. The molecule has 0 aliphatic heterocycles. The molecule has 4 heteroatoms. The van der Waals surface area contributed by atoms with Crippen LogP contribution >= 0.6 is 15.9 Å². The molecule has 0 spiro atoms. The number of halogens is 1. The molecule has 1 heterocycles. The highest BCUT2D eigenvalue weighted by Crippen LogP contribution is 2.14. The zero-order valence-corrected chi connectivity index (χ0v) is 10.6. The third-order valence-corrected chi connectivity index (χ3v) is 2.73. The molecule has 0 unspecified atom stereocenters. The second-order valence-electron chi connectivity index (χ2n) is 3.45. The number of hydrogen-bond acceptors (Lipinski definition) is 3. The van der Waals surface area contributed by atoms with Gasteiger partial charge in [-0.05, 0) is 29.8 Å². The predicted octanol–water partition coefficient (Wildman–Crippen LogP) is 3.24. The van der Waals surface area contributed by atoms with Gasteiger partial charge in [0.2, 0.25) is 0 Å². The van der Waals surface area contributed by atoms with Gasteiger partial charge < -0.3 is 4.74 Å². The van der Waals surface area contributed by atoms with Crippen molar-refractivity contribution in [3.63, 3.8) is 0 Å². The van der Waals surface area contributed by atoms with Gasteiger partial charge in [0, 0.05) is 4.47 Å². The minimum absolute atomic E-state index is 0.404. The summed E-state index contributed by atoms with van der Waals surface area (Å²) in [5.74, 6) is 0.651. The molecular formula is C13H10BrNO2. The van der Waals surface area contributed by atoms with Crippen LogP contribution in [0.3, 0.4) is 0 Å². The molecule has 1 aromatic heterocycles. The fourth-order valence-corrected chi connectivity index (χ4v) is 1.56. The number of hydrogen-bond donors (Lipinski definition) is 0. The number of pyridine rings is 1. The average Bonchev–Trinajstić information content (AvgIpc) is 2.39. The molecule has 0 radical (unpaired) electrons. The lowest BCUT2D eigenvalue weighted by Crippen LogP contribution is -1.96. The van der Waals surface area contributed by atoms with Crippen molar-refractivity contribution >= 4 is 22.2 Å². The fourth-order valence-electron chi connectivity index (χ4n) is 1.29. The number of rotatable bonds is 4. The molecule has 0 amide bonds. The maximum atomic E-state index is 10.4. The Balaban J connectivity index is 1.97. The normalized spacial score (nSPS) is 9.94. The van der Waals surface area contributed by atoms with Crippen LogP contribution in [0.4, 0.5) is 0 Å². The summed E-state index contributed by atoms with van der Waals surface area (Å²) in [6, 6.07) is 11.3. The first kappa shape index (κ1) is 11.8. The van der Waals surface area contributed by atoms with Crippen LogP contribution in [0.25, 0.3) is 0 Å². The summed E-state index contributed by atoms with van der Waals surface area (Å²) < 4.78 is 6.58. The van der Waals surface area contributed by atoms with Crippen LogP contribution in [-0.4, -0.2) is 11.3 Å². The Hall–Kier alpha value is -1.68. The number of aromatic nitrogens is 1. The Labute approximate surface area is 108 Å². The summed E-state index contributed by atoms with van der Waals surface area (Å²) in [4.78, 5) is 14.3. The Morgan fingerprint density at radius 3 is 2.53 bits per heavy atom. The second kappa shape index (κ2) is 5.59. The smallest absolute Gasteiger partial charge is 0.168 e. The maximum absolute atomic E-state index is 10.4. The van der Waals surface area contributed by atoms with Crippen LogP contribution in [0, 0.1) is 0 Å². The zero-order chi connectivity index (χ0) is 12.1. The minimum atomic E-state index is 0.404. The summed E-state index contributed by atoms with van der Waals surface area (Å²) >= 11 is 3.37. The first-order valence-electron chi connectivity index (χ1n) is 5.06. The van der Waals surface area contributed by atoms with Crippen molar-refractivity contribution in [2.75, 3.05) is 0 Å². The van der Waals surface area contributed by atoms with Crippen LogP contribution in [0.2, 0.25) is 0 Å². The summed E-state index contributed by atoms with van der Waals surface area (Å²) in [5, 5.41) is 0. The highest BCUT2D eigenvalue weighted by Gasteiger charge is 1.97. The van der Waals surface area contributed by atoms with E-state index >= 15 is 0 Å². The molecule has 0 saturated carbocycles. The van der Waals surface area contributed by atoms with Gasteiger partial charge in [-0.25, -0.2) is 4.98 Å². The number of benzene rings is 1. The third kappa shape index (κ3) is 3.39. The van der Waals surface area contributed by atoms with Crippen molar-refractivity contribution in [2.24, 2.45) is 0 Å². The Morgan fingerprint density at radius 2 is 1.94 bits per heavy atom. The summed E-state index contributed by atoms with van der Waals surface area (Å²) in [6.07, 6.45) is 2.25. The first-order valence-corrected chi connectivity index (χ1v) is 5.86. The van der Waals surface area contributed by atoms with Gasteiger partial charge in [-0.1, -0.05) is 28.1 Å². The first-order chi connectivity index (χ1) is 8.28. The van der Waals surface area contributed by atoms with Crippen LogP contribution < -0.4 is 4.74 Å². The Bertz CT molecular complexity index is 494. The van der Waals surface area contributed by atoms with E-state index in [1.807, 2.05) is 24.3 Å². The highest BCUT2D eigenvalue weighted by molar-refractivity contribution is 9.10. The molecule has 0 fully saturated rings. The van der Waals surface area contributed by atoms with Crippen molar-refractivity contribution in [3.05, 3.63) is 58.3 Å². The molecule has 0 aliphatic rings. The number of aldehydes is 1. The molecule has 17 heavy (non-hydrogen) atoms. The van der Waals surface area contributed by atoms with E-state index in [1.165, 1.54) is 0 Å². The Kier molecular flexibility index (Phi) is 3.88. The Morgan fingerprint density at radius 1 is 1.18 bits per heavy atom. The predicted molar refractivity (Wildman–Crippen MR) is 68.1 cm³/mol. The molecule has 0 saturated heterocycles. The summed E-state index contributed by atoms with van der Waals surface area (Å²) in [5.41, 5.74) is 1.48. The highest BCUT2D eigenvalue weighted by atomic mass is 79.9. The third-order valence-electron chi connectivity index (χ3n) is 2.20. The van der Waals surface area contributed by atoms with Gasteiger partial charge in [-0.2, -0.15) is 0 Å². The number of carbonyl (C=O) groups excluding carboxylic acids is 1. The van der Waals surface area contributed by atoms with Gasteiger partial charge in [0.25, 0.3) is 0 Å². The molecule has 0 bridgehead atoms. The standard InChI is InChI=1S/C13H10BrNO2/c14-11-3-1-10(2-4-11)9-17-13-6-5-12(8-16)15-7-13/h1-8H,9H2. The van der Waals surface area contributed by atoms with E-state index in [0.29, 0.717) is 24.3 Å². The summed E-state index contributed by atoms with van der Waals surface area (Å²) in [6.45, 7) is 0.482. The lowest BCUT2D eigenvalue weighted by molar-refractivity contribution is 0.111. The van der Waals surface area contributed by atoms with E-state index in [0.717, 1.165) is 10.0 Å². The molecule has 0 N–H and O–H groups in total. The molecule has 2 rings (SSSR count). The average molecular weight is 292 g/mol. The number of nitrogens with zero attached hydrogens (tertiary/aromatic N) is 1. The number of carbonyl (C=O) groups is 1. The fraction of sp³-hybridized carbons (Fsp3) is 0.0769. The van der Waals surface area contributed by atoms with E-state index in [9.17, 15) is 4.79 Å².